The quantitative estimate of drug-likeness (QED) is 0.267. The van der Waals surface area contributed by atoms with E-state index in [0.717, 1.165) is 40.6 Å². The normalized spacial score (nSPS) is 15.6. The fourth-order valence-corrected chi connectivity index (χ4v) is 4.64. The Morgan fingerprint density at radius 2 is 1.64 bits per heavy atom. The van der Waals surface area contributed by atoms with Crippen LogP contribution in [0, 0.1) is 5.82 Å². The third-order valence-corrected chi connectivity index (χ3v) is 6.55. The summed E-state index contributed by atoms with van der Waals surface area (Å²) >= 11 is 0. The maximum Gasteiger partial charge on any atom is 0.143 e. The third kappa shape index (κ3) is 6.28. The Hall–Kier alpha value is -3.28. The molecule has 1 atom stereocenters. The molecule has 6 heteroatoms. The highest BCUT2D eigenvalue weighted by Gasteiger charge is 2.14. The van der Waals surface area contributed by atoms with Crippen LogP contribution in [-0.2, 0) is 0 Å². The third-order valence-electron chi connectivity index (χ3n) is 6.55. The number of aromatic hydroxyl groups is 1. The monoisotopic (exact) mass is 507 g/mol. The van der Waals surface area contributed by atoms with E-state index in [1.165, 1.54) is 37.8 Å². The summed E-state index contributed by atoms with van der Waals surface area (Å²) in [7, 11) is 0. The van der Waals surface area contributed by atoms with Gasteiger partial charge in [-0.25, -0.2) is 4.39 Å². The van der Waals surface area contributed by atoms with E-state index in [-0.39, 0.29) is 24.0 Å². The molecule has 2 N–H and O–H groups in total. The van der Waals surface area contributed by atoms with E-state index >= 15 is 0 Å². The summed E-state index contributed by atoms with van der Waals surface area (Å²) in [6, 6.07) is 23.6. The van der Waals surface area contributed by atoms with Crippen molar-refractivity contribution in [3.05, 3.63) is 84.7 Å². The summed E-state index contributed by atoms with van der Waals surface area (Å²) in [6.07, 6.45) is 6.08. The Bertz CT molecular complexity index is 1270. The first-order valence-corrected chi connectivity index (χ1v) is 12.3. The molecule has 0 radical (unpaired) electrons. The molecular formula is C30H31ClFNO3. The van der Waals surface area contributed by atoms with E-state index in [9.17, 15) is 9.50 Å². The van der Waals surface area contributed by atoms with Crippen LogP contribution in [0.15, 0.2) is 78.9 Å². The topological polar surface area (TPSA) is 50.7 Å². The molecule has 4 nitrogen and oxygen atoms in total. The van der Waals surface area contributed by atoms with Crippen molar-refractivity contribution in [3.63, 3.8) is 0 Å². The Balaban J connectivity index is 0.00000304. The number of fused-ring (bicyclic) bond motifs is 1. The largest absolute Gasteiger partial charge is 0.508 e. The first kappa shape index (κ1) is 25.8. The smallest absolute Gasteiger partial charge is 0.143 e. The van der Waals surface area contributed by atoms with E-state index in [0.29, 0.717) is 24.1 Å². The van der Waals surface area contributed by atoms with Crippen LogP contribution in [0.3, 0.4) is 0 Å². The molecule has 1 heterocycles. The van der Waals surface area contributed by atoms with Gasteiger partial charge < -0.3 is 19.9 Å². The number of ether oxygens (including phenoxy) is 2. The zero-order valence-corrected chi connectivity index (χ0v) is 20.9. The molecule has 0 amide bonds. The van der Waals surface area contributed by atoms with Gasteiger partial charge in [0.05, 0.1) is 6.61 Å². The molecule has 188 valence electrons. The Labute approximate surface area is 217 Å². The van der Waals surface area contributed by atoms with Crippen LogP contribution < -0.4 is 14.8 Å². The number of halogens is 2. The van der Waals surface area contributed by atoms with Gasteiger partial charge in [0.2, 0.25) is 0 Å². The van der Waals surface area contributed by atoms with Crippen molar-refractivity contribution in [2.75, 3.05) is 13.2 Å². The van der Waals surface area contributed by atoms with Gasteiger partial charge in [0, 0.05) is 17.0 Å². The number of benzene rings is 4. The highest BCUT2D eigenvalue weighted by atomic mass is 35.5. The highest BCUT2D eigenvalue weighted by Crippen LogP contribution is 2.40. The van der Waals surface area contributed by atoms with Crippen LogP contribution in [0.4, 0.5) is 4.39 Å². The summed E-state index contributed by atoms with van der Waals surface area (Å²) in [5.74, 6) is 2.05. The van der Waals surface area contributed by atoms with Crippen molar-refractivity contribution in [2.45, 2.75) is 38.1 Å². The highest BCUT2D eigenvalue weighted by molar-refractivity contribution is 5.96. The lowest BCUT2D eigenvalue weighted by molar-refractivity contribution is 0.283. The van der Waals surface area contributed by atoms with Crippen molar-refractivity contribution < 1.29 is 19.0 Å². The fourth-order valence-electron chi connectivity index (χ4n) is 4.64. The number of rotatable bonds is 7. The van der Waals surface area contributed by atoms with Crippen LogP contribution in [0.2, 0.25) is 0 Å². The number of hydrogen-bond donors (Lipinski definition) is 2. The van der Waals surface area contributed by atoms with Gasteiger partial charge in [-0.05, 0) is 97.4 Å². The Morgan fingerprint density at radius 1 is 0.861 bits per heavy atom. The summed E-state index contributed by atoms with van der Waals surface area (Å²) in [4.78, 5) is 0. The van der Waals surface area contributed by atoms with E-state index in [1.54, 1.807) is 24.3 Å². The van der Waals surface area contributed by atoms with Crippen LogP contribution in [-0.4, -0.2) is 24.3 Å². The molecule has 4 aromatic carbocycles. The molecule has 0 spiro atoms. The predicted octanol–water partition coefficient (Wildman–Crippen LogP) is 7.87. The van der Waals surface area contributed by atoms with E-state index in [4.69, 9.17) is 9.47 Å². The molecule has 0 saturated carbocycles. The first-order chi connectivity index (χ1) is 17.2. The first-order valence-electron chi connectivity index (χ1n) is 12.3. The lowest BCUT2D eigenvalue weighted by Gasteiger charge is -2.17. The molecule has 5 rings (SSSR count). The summed E-state index contributed by atoms with van der Waals surface area (Å²) < 4.78 is 25.9. The maximum absolute atomic E-state index is 13.5. The average molecular weight is 508 g/mol. The second-order valence-corrected chi connectivity index (χ2v) is 9.07. The van der Waals surface area contributed by atoms with Crippen LogP contribution in [0.1, 0.15) is 32.1 Å². The molecule has 1 aliphatic rings. The van der Waals surface area contributed by atoms with Crippen LogP contribution in [0.25, 0.3) is 21.9 Å². The van der Waals surface area contributed by atoms with Gasteiger partial charge in [-0.2, -0.15) is 0 Å². The van der Waals surface area contributed by atoms with Gasteiger partial charge in [0.25, 0.3) is 0 Å². The van der Waals surface area contributed by atoms with Gasteiger partial charge in [-0.3, -0.25) is 0 Å². The minimum absolute atomic E-state index is 0. The van der Waals surface area contributed by atoms with Gasteiger partial charge >= 0.3 is 0 Å². The van der Waals surface area contributed by atoms with Crippen molar-refractivity contribution in [1.82, 2.24) is 5.32 Å². The van der Waals surface area contributed by atoms with E-state index < -0.39 is 0 Å². The van der Waals surface area contributed by atoms with Gasteiger partial charge in [0.1, 0.15) is 28.8 Å². The molecule has 0 aromatic heterocycles. The van der Waals surface area contributed by atoms with Crippen LogP contribution in [0.5, 0.6) is 23.0 Å². The van der Waals surface area contributed by atoms with Crippen LogP contribution >= 0.6 is 12.4 Å². The summed E-state index contributed by atoms with van der Waals surface area (Å²) in [5.41, 5.74) is 1.70. The molecule has 36 heavy (non-hydrogen) atoms. The number of phenols is 1. The number of hydrogen-bond acceptors (Lipinski definition) is 4. The fraction of sp³-hybridized carbons (Fsp3) is 0.267. The van der Waals surface area contributed by atoms with Gasteiger partial charge in [-0.1, -0.05) is 31.0 Å². The Kier molecular flexibility index (Phi) is 8.68. The zero-order chi connectivity index (χ0) is 24.0. The Morgan fingerprint density at radius 3 is 2.44 bits per heavy atom. The molecular weight excluding hydrogens is 477 g/mol. The zero-order valence-electron chi connectivity index (χ0n) is 20.1. The van der Waals surface area contributed by atoms with Crippen molar-refractivity contribution >= 4 is 23.2 Å². The minimum atomic E-state index is -0.285. The van der Waals surface area contributed by atoms with Gasteiger partial charge in [0.15, 0.2) is 0 Å². The second-order valence-electron chi connectivity index (χ2n) is 9.07. The van der Waals surface area contributed by atoms with Crippen molar-refractivity contribution in [1.29, 1.82) is 0 Å². The molecule has 1 unspecified atom stereocenters. The van der Waals surface area contributed by atoms with Crippen molar-refractivity contribution in [3.8, 4) is 34.1 Å². The lowest BCUT2D eigenvalue weighted by Crippen LogP contribution is -2.29. The average Bonchev–Trinajstić information content (AvgIpc) is 3.15. The van der Waals surface area contributed by atoms with E-state index in [1.807, 2.05) is 42.5 Å². The van der Waals surface area contributed by atoms with Crippen molar-refractivity contribution in [2.24, 2.45) is 0 Å². The second kappa shape index (κ2) is 12.1. The SMILES string of the molecule is Cl.Oc1ccc2c(Oc3ccc(OCCC4CCCCCN4)cc3)c(-c3ccc(F)cc3)ccc2c1. The molecule has 4 aromatic rings. The summed E-state index contributed by atoms with van der Waals surface area (Å²) in [6.45, 7) is 1.78. The molecule has 1 aliphatic heterocycles. The standard InChI is InChI=1S/C30H30FNO3.ClH/c31-23-8-5-21(6-9-23)28-15-7-22-20-25(33)10-16-29(22)30(28)35-27-13-11-26(12-14-27)34-19-17-24-4-2-1-3-18-32-24;/h5-16,20,24,32-33H,1-4,17-19H2;1H. The number of phenolic OH excluding ortho intramolecular Hbond substituents is 1. The molecule has 1 saturated heterocycles. The maximum atomic E-state index is 13.5. The minimum Gasteiger partial charge on any atom is -0.508 e. The summed E-state index contributed by atoms with van der Waals surface area (Å²) in [5, 5.41) is 15.3. The number of nitrogens with one attached hydrogen (secondary N) is 1. The lowest BCUT2D eigenvalue weighted by atomic mass is 9.99. The van der Waals surface area contributed by atoms with E-state index in [2.05, 4.69) is 5.32 Å². The predicted molar refractivity (Wildman–Crippen MR) is 145 cm³/mol. The van der Waals surface area contributed by atoms with Gasteiger partial charge in [-0.15, -0.1) is 12.4 Å². The molecule has 0 bridgehead atoms. The molecule has 1 fully saturated rings. The molecule has 0 aliphatic carbocycles.